The maximum atomic E-state index is 15.2. The number of primary amides is 1. The molecule has 0 spiro atoms. The van der Waals surface area contributed by atoms with E-state index in [1.807, 2.05) is 45.0 Å². The number of anilines is 2. The zero-order valence-electron chi connectivity index (χ0n) is 74.4. The number of esters is 3. The first kappa shape index (κ1) is 101. The largest absolute Gasteiger partial charge is 0.495 e. The number of nitrogens with two attached hydrogens (primary N) is 1. The van der Waals surface area contributed by atoms with E-state index in [0.717, 1.165) is 46.8 Å². The SMILES string of the molecule is COc1ccc(C[C@H]2NC(=O)/C=C/C[C@@H]([C@H](C)[C@H]3O[C@@H]3c3ccc(CCC(=O)OCc4ccc(NC(=O)[C@H](CCCNC(N)=O)CC(=O)[C@@H](NC(=O)COCCOc5ccc(N6C(=O)C(Sc7ccc(C(=O)N8CCOCC8)cc7)=C(Sc7ccc(C(=O)N8CCOCC8)cc7)C6=O)c(C(F)(F)F)c5)C(C)C)cc4)cc3)OC(=O)[C@H](CC(C)C)OC(=O)C(C)(C)CNC2=O)cc1Cl. The predicted molar refractivity (Wildman–Crippen MR) is 482 cm³/mol. The normalized spacial score (nSPS) is 19.6. The molecule has 31 nitrogen and oxygen atoms in total. The molecule has 8 atom stereocenters. The van der Waals surface area contributed by atoms with Gasteiger partial charge in [0, 0.05) is 103 Å². The van der Waals surface area contributed by atoms with Crippen LogP contribution in [-0.4, -0.2) is 210 Å². The number of halogens is 4. The Balaban J connectivity index is 0.643. The molecular weight excluding hydrogens is 1780 g/mol. The maximum absolute atomic E-state index is 15.2. The number of alkyl halides is 3. The molecule has 7 N–H and O–H groups in total. The Hall–Kier alpha value is -11.7. The minimum atomic E-state index is -5.15. The highest BCUT2D eigenvalue weighted by Crippen LogP contribution is 2.49. The highest BCUT2D eigenvalue weighted by atomic mass is 35.5. The Bertz CT molecular complexity index is 5130. The summed E-state index contributed by atoms with van der Waals surface area (Å²) in [4.78, 5) is 181. The van der Waals surface area contributed by atoms with Gasteiger partial charge in [-0.25, -0.2) is 14.5 Å². The van der Waals surface area contributed by atoms with E-state index in [-0.39, 0.29) is 105 Å². The molecule has 132 heavy (non-hydrogen) atoms. The summed E-state index contributed by atoms with van der Waals surface area (Å²) < 4.78 is 96.9. The van der Waals surface area contributed by atoms with Crippen LogP contribution >= 0.6 is 35.1 Å². The number of aryl methyl sites for hydroxylation is 1. The number of Topliss-reactive ketones (excluding diaryl/α,β-unsaturated/α-hetero) is 1. The predicted octanol–water partition coefficient (Wildman–Crippen LogP) is 11.6. The zero-order valence-corrected chi connectivity index (χ0v) is 76.8. The van der Waals surface area contributed by atoms with Crippen molar-refractivity contribution < 1.29 is 118 Å². The van der Waals surface area contributed by atoms with Crippen molar-refractivity contribution in [3.05, 3.63) is 199 Å². The lowest BCUT2D eigenvalue weighted by molar-refractivity contribution is -0.179. The number of rotatable bonds is 37. The second-order valence-corrected chi connectivity index (χ2v) is 36.3. The van der Waals surface area contributed by atoms with E-state index >= 15 is 13.2 Å². The minimum Gasteiger partial charge on any atom is -0.495 e. The number of ketones is 1. The number of epoxide rings is 1. The van der Waals surface area contributed by atoms with Crippen LogP contribution in [-0.2, 0) is 107 Å². The fourth-order valence-corrected chi connectivity index (χ4v) is 17.2. The molecule has 3 fully saturated rings. The highest BCUT2D eigenvalue weighted by Gasteiger charge is 2.49. The van der Waals surface area contributed by atoms with Crippen LogP contribution in [0.25, 0.3) is 0 Å². The van der Waals surface area contributed by atoms with Crippen LogP contribution in [0.1, 0.15) is 142 Å². The lowest BCUT2D eigenvalue weighted by Crippen LogP contribution is -2.51. The number of hydrogen-bond acceptors (Lipinski definition) is 24. The number of thioether (sulfide) groups is 2. The number of ether oxygens (including phenoxy) is 9. The Kier molecular flexibility index (Phi) is 36.0. The van der Waals surface area contributed by atoms with Crippen LogP contribution in [0, 0.1) is 29.1 Å². The molecule has 0 bridgehead atoms. The fourth-order valence-electron chi connectivity index (χ4n) is 15.0. The lowest BCUT2D eigenvalue weighted by Gasteiger charge is -2.29. The van der Waals surface area contributed by atoms with Crippen molar-refractivity contribution in [1.29, 1.82) is 0 Å². The number of urea groups is 1. The van der Waals surface area contributed by atoms with Crippen LogP contribution in [0.5, 0.6) is 11.5 Å². The molecular formula is C95H109ClF3N9O22S2. The summed E-state index contributed by atoms with van der Waals surface area (Å²) in [7, 11) is 1.47. The second kappa shape index (κ2) is 47.1. The number of nitrogens with one attached hydrogen (secondary N) is 5. The van der Waals surface area contributed by atoms with Gasteiger partial charge in [0.25, 0.3) is 23.6 Å². The van der Waals surface area contributed by atoms with Gasteiger partial charge < -0.3 is 84.7 Å². The van der Waals surface area contributed by atoms with Crippen LogP contribution in [0.4, 0.5) is 29.3 Å². The standard InChI is InChI=1S/C95H109ClF3N9O22S2/c1-55(2)47-76-91(119)128-74(12-9-13-77(110)104-71(49-60-18-34-75(122-8)70(96)48-60)86(114)102-54-94(6,7)92(120)129-76)57(5)81-82(130-81)61-20-14-58(15-21-61)19-35-79(112)127-52-59-16-26-65(27-17-59)103-85(113)64(11-10-36-101-93(100)121)50-73(109)80(56(3)4)105-78(111)53-125-45-46-126-66-28-33-72(69(51-66)95(97,98)99)108-89(117)83(131-67-29-22-62(23-30-67)87(115)106-37-41-123-42-38-106)84(90(108)118)132-68-31-24-63(25-32-68)88(116)107-39-43-124-44-40-107/h9,13-18,20-34,48,51,55-57,64,71,74,76,80-82H,10-12,19,35-47,49-50,52-54H2,1-8H3,(H,102,114)(H,103,113)(H,104,110)(H,105,111)(H3,100,101,121)/b13-9+/t57-,64+,71+,74-,76-,80-,81+,82+/m0/s1. The van der Waals surface area contributed by atoms with Gasteiger partial charge in [-0.05, 0) is 171 Å². The van der Waals surface area contributed by atoms with Gasteiger partial charge in [-0.1, -0.05) is 118 Å². The first-order chi connectivity index (χ1) is 63.0. The monoisotopic (exact) mass is 1880 g/mol. The molecule has 11 rings (SSSR count). The summed E-state index contributed by atoms with van der Waals surface area (Å²) in [5.41, 5.74) is 5.72. The van der Waals surface area contributed by atoms with Gasteiger partial charge in [-0.2, -0.15) is 13.2 Å². The van der Waals surface area contributed by atoms with E-state index in [4.69, 9.17) is 60.0 Å². The molecule has 3 saturated heterocycles. The molecule has 10 amide bonds. The summed E-state index contributed by atoms with van der Waals surface area (Å²) in [6.45, 7) is 13.6. The van der Waals surface area contributed by atoms with E-state index in [9.17, 15) is 62.3 Å². The van der Waals surface area contributed by atoms with Crippen molar-refractivity contribution in [2.45, 2.75) is 159 Å². The summed E-state index contributed by atoms with van der Waals surface area (Å²) in [5, 5.41) is 13.8. The number of imide groups is 1. The van der Waals surface area contributed by atoms with E-state index in [2.05, 4.69) is 26.6 Å². The van der Waals surface area contributed by atoms with Crippen LogP contribution < -0.4 is 46.7 Å². The molecule has 0 radical (unpaired) electrons. The van der Waals surface area contributed by atoms with Crippen molar-refractivity contribution in [3.8, 4) is 11.5 Å². The Labute approximate surface area is 775 Å². The van der Waals surface area contributed by atoms with E-state index in [1.54, 1.807) is 135 Å². The second-order valence-electron chi connectivity index (χ2n) is 33.8. The van der Waals surface area contributed by atoms with Gasteiger partial charge >= 0.3 is 30.1 Å². The first-order valence-corrected chi connectivity index (χ1v) is 45.5. The molecule has 37 heteroatoms. The van der Waals surface area contributed by atoms with Crippen molar-refractivity contribution in [2.75, 3.05) is 103 Å². The van der Waals surface area contributed by atoms with E-state index in [0.29, 0.717) is 118 Å². The number of cyclic esters (lactones) is 2. The lowest BCUT2D eigenvalue weighted by atomic mass is 9.89. The number of carbonyl (C=O) groups excluding carboxylic acids is 13. The van der Waals surface area contributed by atoms with Crippen LogP contribution in [0.15, 0.2) is 165 Å². The summed E-state index contributed by atoms with van der Waals surface area (Å²) in [6.07, 6.45) is -4.72. The van der Waals surface area contributed by atoms with Crippen molar-refractivity contribution >= 4 is 123 Å². The zero-order chi connectivity index (χ0) is 95.1. The van der Waals surface area contributed by atoms with Crippen LogP contribution in [0.3, 0.4) is 0 Å². The Morgan fingerprint density at radius 3 is 1.91 bits per heavy atom. The molecule has 706 valence electrons. The molecule has 0 aliphatic carbocycles. The molecule has 0 saturated carbocycles. The number of carbonyl (C=O) groups is 13. The molecule has 6 aromatic carbocycles. The topological polar surface area (TPSA) is 404 Å². The summed E-state index contributed by atoms with van der Waals surface area (Å²) in [6, 6.07) is 31.2. The molecule has 5 heterocycles. The molecule has 0 aromatic heterocycles. The quantitative estimate of drug-likeness (QED) is 0.00693. The fraction of sp³-hybridized carbons (Fsp3) is 0.442. The summed E-state index contributed by atoms with van der Waals surface area (Å²) in [5.74, 6) is -9.49. The third-order valence-corrected chi connectivity index (χ3v) is 25.1. The van der Waals surface area contributed by atoms with Gasteiger partial charge in [-0.15, -0.1) is 0 Å². The van der Waals surface area contributed by atoms with E-state index < -0.39 is 155 Å². The van der Waals surface area contributed by atoms with Crippen molar-refractivity contribution in [1.82, 2.24) is 31.1 Å². The van der Waals surface area contributed by atoms with Crippen molar-refractivity contribution in [2.24, 2.45) is 34.8 Å². The number of nitrogens with zero attached hydrogens (tertiary/aromatic N) is 3. The van der Waals surface area contributed by atoms with Crippen LogP contribution in [0.2, 0.25) is 5.02 Å². The highest BCUT2D eigenvalue weighted by molar-refractivity contribution is 8.08. The van der Waals surface area contributed by atoms with Crippen molar-refractivity contribution in [3.63, 3.8) is 0 Å². The number of amides is 10. The van der Waals surface area contributed by atoms with Gasteiger partial charge in [0.15, 0.2) is 11.9 Å². The third-order valence-electron chi connectivity index (χ3n) is 22.5. The smallest absolute Gasteiger partial charge is 0.418 e. The average Bonchev–Trinajstić information content (AvgIpc) is 1.60. The van der Waals surface area contributed by atoms with Gasteiger partial charge in [0.2, 0.25) is 23.6 Å². The molecule has 6 aromatic rings. The number of benzene rings is 6. The Morgan fingerprint density at radius 2 is 1.33 bits per heavy atom. The number of methoxy groups -OCH3 is 1. The number of hydrogen-bond donors (Lipinski definition) is 6. The number of morpholine rings is 2. The van der Waals surface area contributed by atoms with Gasteiger partial charge in [0.05, 0.1) is 83.8 Å². The first-order valence-electron chi connectivity index (χ1n) is 43.5. The third kappa shape index (κ3) is 28.4. The molecule has 5 aliphatic heterocycles. The summed E-state index contributed by atoms with van der Waals surface area (Å²) >= 11 is 8.08. The van der Waals surface area contributed by atoms with Gasteiger partial charge in [0.1, 0.15) is 49.6 Å². The maximum Gasteiger partial charge on any atom is 0.418 e. The Morgan fingerprint density at radius 1 is 0.727 bits per heavy atom. The average molecular weight is 1890 g/mol. The molecule has 0 unspecified atom stereocenters. The van der Waals surface area contributed by atoms with Gasteiger partial charge in [-0.3, -0.25) is 52.7 Å². The molecule has 5 aliphatic rings. The van der Waals surface area contributed by atoms with E-state index in [1.165, 1.54) is 13.2 Å². The minimum absolute atomic E-state index is 0.0324.